The Morgan fingerprint density at radius 2 is 2.05 bits per heavy atom. The van der Waals surface area contributed by atoms with Crippen LogP contribution in [0.15, 0.2) is 27.6 Å². The molecular weight excluding hydrogens is 324 g/mol. The van der Waals surface area contributed by atoms with Crippen molar-refractivity contribution < 1.29 is 9.90 Å². The van der Waals surface area contributed by atoms with Crippen LogP contribution in [-0.4, -0.2) is 16.3 Å². The Bertz CT molecular complexity index is 475. The zero-order valence-electron chi connectivity index (χ0n) is 11.2. The Labute approximate surface area is 127 Å². The van der Waals surface area contributed by atoms with Crippen molar-refractivity contribution in [3.8, 4) is 0 Å². The summed E-state index contributed by atoms with van der Waals surface area (Å²) in [5, 5.41) is 9.79. The van der Waals surface area contributed by atoms with E-state index in [1.165, 1.54) is 19.3 Å². The zero-order chi connectivity index (χ0) is 14.0. The van der Waals surface area contributed by atoms with Crippen molar-refractivity contribution >= 4 is 33.7 Å². The quantitative estimate of drug-likeness (QED) is 0.833. The van der Waals surface area contributed by atoms with Gasteiger partial charge in [0.05, 0.1) is 5.56 Å². The molecule has 19 heavy (non-hydrogen) atoms. The van der Waals surface area contributed by atoms with Crippen molar-refractivity contribution in [2.24, 2.45) is 11.8 Å². The maximum atomic E-state index is 11.3. The fourth-order valence-electron chi connectivity index (χ4n) is 2.56. The number of halogens is 1. The lowest BCUT2D eigenvalue weighted by molar-refractivity contribution is 0.0693. The van der Waals surface area contributed by atoms with Gasteiger partial charge in [0, 0.05) is 14.6 Å². The standard InChI is InChI=1S/C15H19BrO2S/c1-9-3-5-12(7-10(9)2)19-14-8-11(16)4-6-13(14)15(17)18/h4,6,8-10,12H,3,5,7H2,1-2H3,(H,17,18). The molecule has 0 radical (unpaired) electrons. The summed E-state index contributed by atoms with van der Waals surface area (Å²) in [4.78, 5) is 12.1. The number of hydrogen-bond donors (Lipinski definition) is 1. The number of thioether (sulfide) groups is 1. The minimum absolute atomic E-state index is 0.416. The van der Waals surface area contributed by atoms with E-state index in [1.54, 1.807) is 23.9 Å². The van der Waals surface area contributed by atoms with Crippen LogP contribution in [0.3, 0.4) is 0 Å². The number of carboxylic acid groups (broad SMARTS) is 1. The number of rotatable bonds is 3. The highest BCUT2D eigenvalue weighted by molar-refractivity contribution is 9.10. The normalized spacial score (nSPS) is 27.2. The van der Waals surface area contributed by atoms with Gasteiger partial charge in [-0.2, -0.15) is 0 Å². The smallest absolute Gasteiger partial charge is 0.336 e. The molecule has 1 aliphatic carbocycles. The van der Waals surface area contributed by atoms with Gasteiger partial charge in [0.2, 0.25) is 0 Å². The van der Waals surface area contributed by atoms with E-state index in [0.29, 0.717) is 10.8 Å². The van der Waals surface area contributed by atoms with Crippen LogP contribution < -0.4 is 0 Å². The van der Waals surface area contributed by atoms with Gasteiger partial charge in [0.15, 0.2) is 0 Å². The monoisotopic (exact) mass is 342 g/mol. The average molecular weight is 343 g/mol. The van der Waals surface area contributed by atoms with E-state index in [-0.39, 0.29) is 0 Å². The molecule has 1 aromatic rings. The van der Waals surface area contributed by atoms with Gasteiger partial charge in [-0.25, -0.2) is 4.79 Å². The van der Waals surface area contributed by atoms with Gasteiger partial charge in [-0.05, 0) is 49.3 Å². The molecule has 0 bridgehead atoms. The molecule has 104 valence electrons. The van der Waals surface area contributed by atoms with Crippen molar-refractivity contribution in [1.82, 2.24) is 0 Å². The molecule has 1 aliphatic rings. The van der Waals surface area contributed by atoms with Gasteiger partial charge in [-0.1, -0.05) is 29.8 Å². The molecule has 1 saturated carbocycles. The molecule has 1 fully saturated rings. The van der Waals surface area contributed by atoms with Crippen LogP contribution in [0.2, 0.25) is 0 Å². The number of hydrogen-bond acceptors (Lipinski definition) is 2. The van der Waals surface area contributed by atoms with Gasteiger partial charge in [-0.15, -0.1) is 11.8 Å². The summed E-state index contributed by atoms with van der Waals surface area (Å²) in [6.45, 7) is 4.61. The molecule has 3 unspecified atom stereocenters. The molecular formula is C15H19BrO2S. The van der Waals surface area contributed by atoms with Crippen molar-refractivity contribution in [3.63, 3.8) is 0 Å². The third kappa shape index (κ3) is 3.76. The first-order valence-corrected chi connectivity index (χ1v) is 8.34. The SMILES string of the molecule is CC1CCC(Sc2cc(Br)ccc2C(=O)O)CC1C. The van der Waals surface area contributed by atoms with Crippen LogP contribution in [0.25, 0.3) is 0 Å². The summed E-state index contributed by atoms with van der Waals surface area (Å²) >= 11 is 5.15. The summed E-state index contributed by atoms with van der Waals surface area (Å²) < 4.78 is 0.942. The molecule has 3 atom stereocenters. The molecule has 0 spiro atoms. The van der Waals surface area contributed by atoms with Gasteiger partial charge < -0.3 is 5.11 Å². The highest BCUT2D eigenvalue weighted by Gasteiger charge is 2.26. The van der Waals surface area contributed by atoms with Gasteiger partial charge in [0.1, 0.15) is 0 Å². The van der Waals surface area contributed by atoms with E-state index in [2.05, 4.69) is 29.8 Å². The average Bonchev–Trinajstić information content (AvgIpc) is 2.33. The number of carboxylic acids is 1. The maximum Gasteiger partial charge on any atom is 0.336 e. The molecule has 0 amide bonds. The Morgan fingerprint density at radius 3 is 2.68 bits per heavy atom. The first-order chi connectivity index (χ1) is 8.97. The Morgan fingerprint density at radius 1 is 1.32 bits per heavy atom. The van der Waals surface area contributed by atoms with Crippen LogP contribution in [-0.2, 0) is 0 Å². The summed E-state index contributed by atoms with van der Waals surface area (Å²) in [6.07, 6.45) is 3.61. The molecule has 0 aromatic heterocycles. The highest BCUT2D eigenvalue weighted by atomic mass is 79.9. The topological polar surface area (TPSA) is 37.3 Å². The lowest BCUT2D eigenvalue weighted by Crippen LogP contribution is -2.22. The summed E-state index contributed by atoms with van der Waals surface area (Å²) in [5.74, 6) is 0.678. The second kappa shape index (κ2) is 6.31. The van der Waals surface area contributed by atoms with Crippen LogP contribution in [0.5, 0.6) is 0 Å². The maximum absolute atomic E-state index is 11.3. The van der Waals surface area contributed by atoms with E-state index in [1.807, 2.05) is 6.07 Å². The summed E-state index contributed by atoms with van der Waals surface area (Å²) in [7, 11) is 0. The predicted octanol–water partition coefficient (Wildman–Crippen LogP) is 5.06. The molecule has 4 heteroatoms. The highest BCUT2D eigenvalue weighted by Crippen LogP contribution is 2.40. The largest absolute Gasteiger partial charge is 0.478 e. The first kappa shape index (κ1) is 14.9. The minimum Gasteiger partial charge on any atom is -0.478 e. The Kier molecular flexibility index (Phi) is 4.96. The van der Waals surface area contributed by atoms with Crippen LogP contribution in [0.1, 0.15) is 43.5 Å². The Hall–Kier alpha value is -0.480. The molecule has 1 aromatic carbocycles. The van der Waals surface area contributed by atoms with Crippen molar-refractivity contribution in [2.45, 2.75) is 43.3 Å². The fourth-order valence-corrected chi connectivity index (χ4v) is 4.56. The van der Waals surface area contributed by atoms with Crippen molar-refractivity contribution in [1.29, 1.82) is 0 Å². The van der Waals surface area contributed by atoms with E-state index in [4.69, 9.17) is 0 Å². The third-order valence-electron chi connectivity index (χ3n) is 4.02. The lowest BCUT2D eigenvalue weighted by atomic mass is 9.81. The molecule has 0 saturated heterocycles. The van der Waals surface area contributed by atoms with Gasteiger partial charge in [-0.3, -0.25) is 0 Å². The second-order valence-electron chi connectivity index (χ2n) is 5.45. The first-order valence-electron chi connectivity index (χ1n) is 6.67. The van der Waals surface area contributed by atoms with E-state index >= 15 is 0 Å². The van der Waals surface area contributed by atoms with Gasteiger partial charge >= 0.3 is 5.97 Å². The van der Waals surface area contributed by atoms with E-state index in [9.17, 15) is 9.90 Å². The zero-order valence-corrected chi connectivity index (χ0v) is 13.6. The van der Waals surface area contributed by atoms with Crippen LogP contribution >= 0.6 is 27.7 Å². The molecule has 0 heterocycles. The molecule has 2 nitrogen and oxygen atoms in total. The van der Waals surface area contributed by atoms with Crippen molar-refractivity contribution in [3.05, 3.63) is 28.2 Å². The summed E-state index contributed by atoms with van der Waals surface area (Å²) in [5.41, 5.74) is 0.416. The minimum atomic E-state index is -0.841. The van der Waals surface area contributed by atoms with Crippen LogP contribution in [0.4, 0.5) is 0 Å². The third-order valence-corrected chi connectivity index (χ3v) is 5.86. The van der Waals surface area contributed by atoms with Crippen molar-refractivity contribution in [2.75, 3.05) is 0 Å². The molecule has 2 rings (SSSR count). The van der Waals surface area contributed by atoms with E-state index < -0.39 is 5.97 Å². The number of benzene rings is 1. The number of carbonyl (C=O) groups is 1. The second-order valence-corrected chi connectivity index (χ2v) is 7.71. The van der Waals surface area contributed by atoms with E-state index in [0.717, 1.165) is 21.2 Å². The summed E-state index contributed by atoms with van der Waals surface area (Å²) in [6, 6.07) is 5.40. The predicted molar refractivity (Wildman–Crippen MR) is 82.9 cm³/mol. The van der Waals surface area contributed by atoms with Gasteiger partial charge in [0.25, 0.3) is 0 Å². The number of aromatic carboxylic acids is 1. The fraction of sp³-hybridized carbons (Fsp3) is 0.533. The van der Waals surface area contributed by atoms with Crippen LogP contribution in [0, 0.1) is 11.8 Å². The Balaban J connectivity index is 2.14. The lowest BCUT2D eigenvalue weighted by Gasteiger charge is -2.31. The molecule has 1 N–H and O–H groups in total. The molecule has 0 aliphatic heterocycles.